The quantitative estimate of drug-likeness (QED) is 0.145. The fourth-order valence-electron chi connectivity index (χ4n) is 1.48. The van der Waals surface area contributed by atoms with Crippen LogP contribution in [0.4, 0.5) is 0 Å². The highest BCUT2D eigenvalue weighted by molar-refractivity contribution is 6.32. The van der Waals surface area contributed by atoms with E-state index in [-0.39, 0.29) is 52.6 Å². The number of nitrogens with one attached hydrogen (secondary N) is 1. The first kappa shape index (κ1) is 24.4. The van der Waals surface area contributed by atoms with Crippen molar-refractivity contribution in [2.75, 3.05) is 52.8 Å². The van der Waals surface area contributed by atoms with E-state index in [1.54, 1.807) is 0 Å². The molecule has 0 atom stereocenters. The third-order valence-electron chi connectivity index (χ3n) is 2.68. The molecule has 0 radical (unpaired) electrons. The maximum absolute atomic E-state index is 11.2. The van der Waals surface area contributed by atoms with E-state index in [9.17, 15) is 24.0 Å². The summed E-state index contributed by atoms with van der Waals surface area (Å²) in [5.41, 5.74) is 0. The molecule has 0 saturated carbocycles. The smallest absolute Gasteiger partial charge is 0.372 e. The summed E-state index contributed by atoms with van der Waals surface area (Å²) in [5, 5.41) is 19.1. The molecule has 0 aliphatic carbocycles. The Bertz CT molecular complexity index is 506. The molecule has 27 heavy (non-hydrogen) atoms. The van der Waals surface area contributed by atoms with Crippen molar-refractivity contribution in [3.05, 3.63) is 0 Å². The molecule has 0 aromatic rings. The summed E-state index contributed by atoms with van der Waals surface area (Å²) in [7, 11) is 0. The first-order chi connectivity index (χ1) is 12.8. The second kappa shape index (κ2) is 15.7. The van der Waals surface area contributed by atoms with Crippen molar-refractivity contribution in [3.8, 4) is 0 Å². The Hall–Kier alpha value is -2.57. The van der Waals surface area contributed by atoms with Crippen LogP contribution in [0.15, 0.2) is 0 Å². The van der Waals surface area contributed by atoms with E-state index in [2.05, 4.69) is 10.1 Å². The van der Waals surface area contributed by atoms with Crippen LogP contribution in [-0.2, 0) is 42.9 Å². The fraction of sp³-hybridized carbons (Fsp3) is 0.667. The molecule has 0 saturated heterocycles. The van der Waals surface area contributed by atoms with Gasteiger partial charge in [-0.25, -0.2) is 9.59 Å². The summed E-state index contributed by atoms with van der Waals surface area (Å²) >= 11 is 0. The number of esters is 1. The van der Waals surface area contributed by atoms with Gasteiger partial charge in [0.15, 0.2) is 0 Å². The zero-order valence-electron chi connectivity index (χ0n) is 14.6. The van der Waals surface area contributed by atoms with Gasteiger partial charge in [0.25, 0.3) is 0 Å². The van der Waals surface area contributed by atoms with E-state index in [1.807, 2.05) is 0 Å². The molecule has 0 fully saturated rings. The zero-order valence-corrected chi connectivity index (χ0v) is 14.6. The highest BCUT2D eigenvalue weighted by Gasteiger charge is 2.14. The number of carboxylic acids is 2. The van der Waals surface area contributed by atoms with Gasteiger partial charge in [-0.2, -0.15) is 0 Å². The van der Waals surface area contributed by atoms with E-state index < -0.39 is 42.6 Å². The van der Waals surface area contributed by atoms with Crippen LogP contribution in [0.1, 0.15) is 12.8 Å². The lowest BCUT2D eigenvalue weighted by Gasteiger charge is -2.08. The summed E-state index contributed by atoms with van der Waals surface area (Å²) in [6, 6.07) is 0. The molecule has 0 aliphatic rings. The van der Waals surface area contributed by atoms with Gasteiger partial charge in [-0.05, 0) is 0 Å². The van der Waals surface area contributed by atoms with Gasteiger partial charge in [0.05, 0.1) is 32.8 Å². The number of aliphatic carboxylic acids is 2. The van der Waals surface area contributed by atoms with E-state index >= 15 is 0 Å². The Morgan fingerprint density at radius 3 is 2.00 bits per heavy atom. The molecule has 0 aromatic heterocycles. The normalized spacial score (nSPS) is 10.2. The summed E-state index contributed by atoms with van der Waals surface area (Å²) in [5.74, 6) is -4.94. The van der Waals surface area contributed by atoms with Crippen LogP contribution >= 0.6 is 0 Å². The van der Waals surface area contributed by atoms with Crippen LogP contribution in [0.5, 0.6) is 0 Å². The number of hydrogen-bond acceptors (Lipinski definition) is 9. The van der Waals surface area contributed by atoms with Gasteiger partial charge in [0.2, 0.25) is 11.7 Å². The SMILES string of the molecule is O=C(O)COCC(=O)NCCOCCOCCOC(=O)CCC(=O)C(=O)O. The Labute approximate surface area is 154 Å². The summed E-state index contributed by atoms with van der Waals surface area (Å²) in [6.07, 6.45) is -0.716. The summed E-state index contributed by atoms with van der Waals surface area (Å²) in [4.78, 5) is 53.6. The monoisotopic (exact) mass is 393 g/mol. The Morgan fingerprint density at radius 2 is 1.37 bits per heavy atom. The molecule has 0 aliphatic heterocycles. The van der Waals surface area contributed by atoms with Crippen molar-refractivity contribution in [1.29, 1.82) is 0 Å². The molecule has 0 heterocycles. The second-order valence-electron chi connectivity index (χ2n) is 4.91. The number of carboxylic acid groups (broad SMARTS) is 2. The topological polar surface area (TPSA) is 175 Å². The predicted octanol–water partition coefficient (Wildman–Crippen LogP) is -1.79. The molecule has 0 rings (SSSR count). The van der Waals surface area contributed by atoms with Gasteiger partial charge in [0.1, 0.15) is 19.8 Å². The number of carbonyl (C=O) groups excluding carboxylic acids is 3. The number of rotatable bonds is 17. The van der Waals surface area contributed by atoms with Gasteiger partial charge in [0, 0.05) is 13.0 Å². The minimum atomic E-state index is -1.59. The lowest BCUT2D eigenvalue weighted by molar-refractivity contribution is -0.151. The van der Waals surface area contributed by atoms with Crippen molar-refractivity contribution >= 4 is 29.6 Å². The lowest BCUT2D eigenvalue weighted by atomic mass is 10.2. The fourth-order valence-corrected chi connectivity index (χ4v) is 1.48. The maximum atomic E-state index is 11.2. The van der Waals surface area contributed by atoms with Crippen molar-refractivity contribution in [3.63, 3.8) is 0 Å². The maximum Gasteiger partial charge on any atom is 0.372 e. The van der Waals surface area contributed by atoms with Crippen LogP contribution in [0.3, 0.4) is 0 Å². The number of amides is 1. The van der Waals surface area contributed by atoms with Gasteiger partial charge in [-0.3, -0.25) is 14.4 Å². The molecule has 3 N–H and O–H groups in total. The number of hydrogen-bond donors (Lipinski definition) is 3. The number of carbonyl (C=O) groups is 5. The van der Waals surface area contributed by atoms with Crippen LogP contribution in [0.25, 0.3) is 0 Å². The summed E-state index contributed by atoms with van der Waals surface area (Å²) < 4.78 is 19.6. The van der Waals surface area contributed by atoms with E-state index in [4.69, 9.17) is 24.4 Å². The number of ketones is 1. The van der Waals surface area contributed by atoms with Crippen molar-refractivity contribution in [2.24, 2.45) is 0 Å². The third-order valence-corrected chi connectivity index (χ3v) is 2.68. The van der Waals surface area contributed by atoms with Gasteiger partial charge in [-0.15, -0.1) is 0 Å². The lowest BCUT2D eigenvalue weighted by Crippen LogP contribution is -2.31. The Morgan fingerprint density at radius 1 is 0.741 bits per heavy atom. The van der Waals surface area contributed by atoms with E-state index in [0.29, 0.717) is 0 Å². The van der Waals surface area contributed by atoms with Crippen LogP contribution in [0, 0.1) is 0 Å². The highest BCUT2D eigenvalue weighted by Crippen LogP contribution is 1.95. The molecular weight excluding hydrogens is 370 g/mol. The molecule has 1 amide bonds. The molecule has 154 valence electrons. The highest BCUT2D eigenvalue weighted by atomic mass is 16.6. The Balaban J connectivity index is 3.36. The second-order valence-corrected chi connectivity index (χ2v) is 4.91. The average Bonchev–Trinajstić information content (AvgIpc) is 2.60. The largest absolute Gasteiger partial charge is 0.480 e. The molecule has 0 unspecified atom stereocenters. The predicted molar refractivity (Wildman–Crippen MR) is 85.9 cm³/mol. The molecule has 0 bridgehead atoms. The van der Waals surface area contributed by atoms with Crippen LogP contribution < -0.4 is 5.32 Å². The van der Waals surface area contributed by atoms with E-state index in [1.165, 1.54) is 0 Å². The van der Waals surface area contributed by atoms with Gasteiger partial charge < -0.3 is 34.5 Å². The van der Waals surface area contributed by atoms with Crippen LogP contribution in [0.2, 0.25) is 0 Å². The molecular formula is C15H23NO11. The third kappa shape index (κ3) is 16.6. The molecule has 12 nitrogen and oxygen atoms in total. The van der Waals surface area contributed by atoms with E-state index in [0.717, 1.165) is 0 Å². The van der Waals surface area contributed by atoms with Crippen molar-refractivity contribution in [2.45, 2.75) is 12.8 Å². The standard InChI is InChI=1S/C15H23NO11/c17-11(15(22)23)1-2-14(21)27-8-7-25-6-5-24-4-3-16-12(18)9-26-10-13(19)20/h1-10H2,(H,16,18)(H,19,20)(H,22,23). The van der Waals surface area contributed by atoms with Crippen LogP contribution in [-0.4, -0.2) is 92.6 Å². The van der Waals surface area contributed by atoms with Crippen molar-refractivity contribution in [1.82, 2.24) is 5.32 Å². The molecule has 12 heteroatoms. The summed E-state index contributed by atoms with van der Waals surface area (Å²) in [6.45, 7) is 0.0987. The van der Waals surface area contributed by atoms with Gasteiger partial charge >= 0.3 is 17.9 Å². The first-order valence-electron chi connectivity index (χ1n) is 7.96. The number of Topliss-reactive ketones (excluding diaryl/α,β-unsaturated/α-hetero) is 1. The average molecular weight is 393 g/mol. The Kier molecular flexibility index (Phi) is 14.2. The molecule has 0 aromatic carbocycles. The minimum Gasteiger partial charge on any atom is -0.480 e. The zero-order chi connectivity index (χ0) is 20.5. The van der Waals surface area contributed by atoms with Gasteiger partial charge in [-0.1, -0.05) is 0 Å². The minimum absolute atomic E-state index is 0.0352. The number of ether oxygens (including phenoxy) is 4. The first-order valence-corrected chi connectivity index (χ1v) is 7.96. The molecule has 0 spiro atoms. The van der Waals surface area contributed by atoms with Crippen molar-refractivity contribution < 1.29 is 53.1 Å².